The Morgan fingerprint density at radius 2 is 2.22 bits per heavy atom. The van der Waals surface area contributed by atoms with Crippen molar-refractivity contribution in [3.8, 4) is 0 Å². The van der Waals surface area contributed by atoms with Crippen molar-refractivity contribution in [3.63, 3.8) is 0 Å². The van der Waals surface area contributed by atoms with Crippen molar-refractivity contribution in [3.05, 3.63) is 31.7 Å². The molecule has 2 atom stereocenters. The number of fused-ring (bicyclic) bond motifs is 1. The number of β-lactam (4-membered cyclic amide) rings is 1. The minimum absolute atomic E-state index is 0.0733. The quantitative estimate of drug-likeness (QED) is 0.177. The summed E-state index contributed by atoms with van der Waals surface area (Å²) in [6.07, 6.45) is 0. The standard InChI is InChI=1S/C16H15N7O5S4/c1-5-20-21-8(32-5)4-29-7-3-30-14-10(13(25)23(14)11(7)15(26)27)19-12(24)9(22-28)6-2-31-16(17)18-6/h2,10,14,28H,3-4H2,1H3,(H2,17,18)(H,19,24)(H,26,27)/b22-9-/t10-,14-/m1/s1. The maximum Gasteiger partial charge on any atom is 0.353 e. The molecule has 0 spiro atoms. The number of hydrogen-bond acceptors (Lipinski definition) is 13. The number of carboxylic acid groups (broad SMARTS) is 1. The van der Waals surface area contributed by atoms with Gasteiger partial charge in [-0.1, -0.05) is 5.16 Å². The van der Waals surface area contributed by atoms with E-state index in [1.807, 2.05) is 6.92 Å². The Bertz CT molecular complexity index is 1160. The van der Waals surface area contributed by atoms with Gasteiger partial charge in [0.15, 0.2) is 10.8 Å². The Morgan fingerprint density at radius 3 is 2.81 bits per heavy atom. The third-order valence-electron chi connectivity index (χ3n) is 4.44. The number of anilines is 1. The van der Waals surface area contributed by atoms with Gasteiger partial charge in [0.25, 0.3) is 11.8 Å². The lowest BCUT2D eigenvalue weighted by Crippen LogP contribution is -2.71. The molecule has 0 aliphatic carbocycles. The number of carboxylic acids is 1. The fraction of sp³-hybridized carbons (Fsp3) is 0.312. The van der Waals surface area contributed by atoms with Crippen LogP contribution in [0.15, 0.2) is 21.1 Å². The summed E-state index contributed by atoms with van der Waals surface area (Å²) in [5.74, 6) is -1.80. The first-order chi connectivity index (χ1) is 15.3. The van der Waals surface area contributed by atoms with Gasteiger partial charge in [-0.15, -0.1) is 56.4 Å². The SMILES string of the molecule is Cc1nnc(CSC2=C(C(=O)O)N3C(=O)[C@@H](NC(=O)/C(=N\O)c4csc(N)n4)[C@H]3SC2)s1. The Labute approximate surface area is 197 Å². The molecule has 0 aromatic carbocycles. The zero-order valence-corrected chi connectivity index (χ0v) is 19.5. The highest BCUT2D eigenvalue weighted by Gasteiger charge is 2.54. The average molecular weight is 514 g/mol. The molecular weight excluding hydrogens is 498 g/mol. The first kappa shape index (κ1) is 22.5. The third kappa shape index (κ3) is 4.17. The lowest BCUT2D eigenvalue weighted by atomic mass is 10.0. The van der Waals surface area contributed by atoms with E-state index in [9.17, 15) is 24.7 Å². The number of oxime groups is 1. The van der Waals surface area contributed by atoms with E-state index in [0.29, 0.717) is 16.4 Å². The maximum absolute atomic E-state index is 12.8. The van der Waals surface area contributed by atoms with Crippen LogP contribution in [0.1, 0.15) is 15.7 Å². The van der Waals surface area contributed by atoms with Gasteiger partial charge < -0.3 is 21.4 Å². The van der Waals surface area contributed by atoms with Crippen LogP contribution in [0, 0.1) is 6.92 Å². The lowest BCUT2D eigenvalue weighted by Gasteiger charge is -2.49. The second kappa shape index (κ2) is 9.05. The molecule has 2 aliphatic heterocycles. The largest absolute Gasteiger partial charge is 0.477 e. The minimum atomic E-state index is -1.22. The van der Waals surface area contributed by atoms with Gasteiger partial charge in [0, 0.05) is 16.0 Å². The number of nitrogens with two attached hydrogens (primary N) is 1. The molecule has 2 aliphatic rings. The zero-order valence-electron chi connectivity index (χ0n) is 16.2. The van der Waals surface area contributed by atoms with Crippen molar-refractivity contribution in [2.45, 2.75) is 24.1 Å². The van der Waals surface area contributed by atoms with Crippen molar-refractivity contribution in [1.82, 2.24) is 25.4 Å². The highest BCUT2D eigenvalue weighted by molar-refractivity contribution is 8.05. The molecule has 168 valence electrons. The number of thiazole rings is 1. The number of amides is 2. The molecule has 4 heterocycles. The highest BCUT2D eigenvalue weighted by Crippen LogP contribution is 2.44. The number of aromatic nitrogens is 3. The molecule has 5 N–H and O–H groups in total. The molecule has 1 saturated heterocycles. The third-order valence-corrected chi connectivity index (χ3v) is 8.70. The summed E-state index contributed by atoms with van der Waals surface area (Å²) in [4.78, 5) is 42.8. The number of hydrogen-bond donors (Lipinski definition) is 4. The summed E-state index contributed by atoms with van der Waals surface area (Å²) in [6.45, 7) is 1.83. The van der Waals surface area contributed by atoms with Gasteiger partial charge in [0.05, 0.1) is 5.75 Å². The van der Waals surface area contributed by atoms with E-state index in [1.54, 1.807) is 0 Å². The number of aliphatic carboxylic acids is 1. The average Bonchev–Trinajstić information content (AvgIpc) is 3.38. The number of thioether (sulfide) groups is 2. The van der Waals surface area contributed by atoms with E-state index in [4.69, 9.17) is 5.73 Å². The molecule has 16 heteroatoms. The Balaban J connectivity index is 1.48. The van der Waals surface area contributed by atoms with Gasteiger partial charge in [-0.25, -0.2) is 9.78 Å². The number of carbonyl (C=O) groups excluding carboxylic acids is 2. The molecule has 0 radical (unpaired) electrons. The van der Waals surface area contributed by atoms with Crippen LogP contribution in [-0.4, -0.2) is 71.1 Å². The van der Waals surface area contributed by atoms with Crippen LogP contribution in [0.25, 0.3) is 0 Å². The van der Waals surface area contributed by atoms with E-state index in [1.165, 1.54) is 45.1 Å². The number of nitrogens with zero attached hydrogens (tertiary/aromatic N) is 5. The van der Waals surface area contributed by atoms with Gasteiger partial charge >= 0.3 is 5.97 Å². The number of aryl methyl sites for hydroxylation is 1. The summed E-state index contributed by atoms with van der Waals surface area (Å²) >= 11 is 5.12. The smallest absolute Gasteiger partial charge is 0.353 e. The summed E-state index contributed by atoms with van der Waals surface area (Å²) in [5.41, 5.74) is 5.13. The Morgan fingerprint density at radius 1 is 1.44 bits per heavy atom. The van der Waals surface area contributed by atoms with Gasteiger partial charge in [-0.05, 0) is 6.92 Å². The first-order valence-electron chi connectivity index (χ1n) is 8.87. The molecule has 2 aromatic heterocycles. The number of nitrogen functional groups attached to an aromatic ring is 1. The predicted octanol–water partition coefficient (Wildman–Crippen LogP) is 0.693. The molecule has 0 saturated carbocycles. The molecule has 0 unspecified atom stereocenters. The van der Waals surface area contributed by atoms with Crippen molar-refractivity contribution in [2.24, 2.45) is 5.16 Å². The van der Waals surface area contributed by atoms with Gasteiger partial charge in [0.1, 0.15) is 32.8 Å². The molecule has 2 amide bonds. The summed E-state index contributed by atoms with van der Waals surface area (Å²) in [7, 11) is 0. The van der Waals surface area contributed by atoms with Gasteiger partial charge in [-0.3, -0.25) is 14.5 Å². The van der Waals surface area contributed by atoms with Crippen molar-refractivity contribution in [2.75, 3.05) is 11.5 Å². The van der Waals surface area contributed by atoms with E-state index in [0.717, 1.165) is 21.4 Å². The fourth-order valence-corrected chi connectivity index (χ4v) is 6.94. The fourth-order valence-electron chi connectivity index (χ4n) is 3.07. The number of rotatable bonds is 7. The summed E-state index contributed by atoms with van der Waals surface area (Å²) < 4.78 is 0. The molecule has 0 bridgehead atoms. The monoisotopic (exact) mass is 513 g/mol. The van der Waals surface area contributed by atoms with Crippen molar-refractivity contribution >= 4 is 74.8 Å². The van der Waals surface area contributed by atoms with Crippen molar-refractivity contribution < 1.29 is 24.7 Å². The second-order valence-electron chi connectivity index (χ2n) is 6.46. The summed E-state index contributed by atoms with van der Waals surface area (Å²) in [6, 6.07) is -0.966. The van der Waals surface area contributed by atoms with Crippen LogP contribution in [0.3, 0.4) is 0 Å². The van der Waals surface area contributed by atoms with E-state index < -0.39 is 29.2 Å². The second-order valence-corrected chi connectivity index (χ2v) is 10.8. The normalized spacial score (nSPS) is 20.7. The predicted molar refractivity (Wildman–Crippen MR) is 120 cm³/mol. The zero-order chi connectivity index (χ0) is 23.0. The molecule has 4 rings (SSSR count). The molecule has 12 nitrogen and oxygen atoms in total. The van der Waals surface area contributed by atoms with Gasteiger partial charge in [0.2, 0.25) is 0 Å². The van der Waals surface area contributed by atoms with Crippen LogP contribution in [0.5, 0.6) is 0 Å². The van der Waals surface area contributed by atoms with Crippen molar-refractivity contribution in [1.29, 1.82) is 0 Å². The van der Waals surface area contributed by atoms with Crippen LogP contribution in [-0.2, 0) is 20.1 Å². The maximum atomic E-state index is 12.8. The molecular formula is C16H15N7O5S4. The van der Waals surface area contributed by atoms with Crippen LogP contribution in [0.2, 0.25) is 0 Å². The van der Waals surface area contributed by atoms with E-state index in [2.05, 4.69) is 25.7 Å². The van der Waals surface area contributed by atoms with E-state index in [-0.39, 0.29) is 22.2 Å². The van der Waals surface area contributed by atoms with Crippen LogP contribution >= 0.6 is 46.2 Å². The van der Waals surface area contributed by atoms with Crippen LogP contribution < -0.4 is 11.1 Å². The summed E-state index contributed by atoms with van der Waals surface area (Å²) in [5, 5.41) is 35.0. The number of carbonyl (C=O) groups is 3. The molecule has 1 fully saturated rings. The lowest BCUT2D eigenvalue weighted by molar-refractivity contribution is -0.150. The first-order valence-corrected chi connectivity index (χ1v) is 12.6. The molecule has 2 aromatic rings. The van der Waals surface area contributed by atoms with Gasteiger partial charge in [-0.2, -0.15) is 0 Å². The minimum Gasteiger partial charge on any atom is -0.477 e. The van der Waals surface area contributed by atoms with Crippen LogP contribution in [0.4, 0.5) is 5.13 Å². The Hall–Kier alpha value is -2.69. The number of nitrogens with one attached hydrogen (secondary N) is 1. The van der Waals surface area contributed by atoms with E-state index >= 15 is 0 Å². The Kier molecular flexibility index (Phi) is 6.36. The highest BCUT2D eigenvalue weighted by atomic mass is 32.2. The topological polar surface area (TPSA) is 184 Å². The molecule has 32 heavy (non-hydrogen) atoms.